The summed E-state index contributed by atoms with van der Waals surface area (Å²) in [5, 5.41) is 16.0. The zero-order valence-electron chi connectivity index (χ0n) is 21.1. The number of pyridine rings is 1. The molecule has 186 valence electrons. The molecule has 0 saturated heterocycles. The number of aromatic nitrogens is 2. The van der Waals surface area contributed by atoms with Gasteiger partial charge < -0.3 is 15.7 Å². The molecule has 0 spiro atoms. The van der Waals surface area contributed by atoms with E-state index in [-0.39, 0.29) is 29.8 Å². The Hall–Kier alpha value is -3.35. The maximum atomic E-state index is 13.2. The van der Waals surface area contributed by atoms with Crippen LogP contribution in [0.4, 0.5) is 5.82 Å². The van der Waals surface area contributed by atoms with Crippen LogP contribution < -0.4 is 10.6 Å². The average Bonchev–Trinajstić information content (AvgIpc) is 3.15. The predicted molar refractivity (Wildman–Crippen MR) is 139 cm³/mol. The lowest BCUT2D eigenvalue weighted by molar-refractivity contribution is -0.137. The van der Waals surface area contributed by atoms with Crippen molar-refractivity contribution in [1.29, 1.82) is 0 Å². The first kappa shape index (κ1) is 24.8. The molecule has 1 fully saturated rings. The van der Waals surface area contributed by atoms with Crippen LogP contribution in [0.15, 0.2) is 42.6 Å². The Balaban J connectivity index is 1.66. The summed E-state index contributed by atoms with van der Waals surface area (Å²) in [6.45, 7) is 8.35. The highest BCUT2D eigenvalue weighted by atomic mass is 16.4. The molecule has 1 amide bonds. The van der Waals surface area contributed by atoms with Gasteiger partial charge in [-0.05, 0) is 58.6 Å². The molecule has 1 aliphatic rings. The van der Waals surface area contributed by atoms with Crippen molar-refractivity contribution in [2.24, 2.45) is 5.92 Å². The van der Waals surface area contributed by atoms with Gasteiger partial charge in [-0.1, -0.05) is 49.1 Å². The van der Waals surface area contributed by atoms with E-state index in [0.717, 1.165) is 42.8 Å². The van der Waals surface area contributed by atoms with Crippen molar-refractivity contribution in [3.05, 3.63) is 53.7 Å². The topological polar surface area (TPSA) is 95.7 Å². The van der Waals surface area contributed by atoms with Crippen LogP contribution in [-0.4, -0.2) is 37.9 Å². The maximum Gasteiger partial charge on any atom is 0.305 e. The zero-order valence-corrected chi connectivity index (χ0v) is 21.1. The van der Waals surface area contributed by atoms with Gasteiger partial charge in [0.05, 0.1) is 6.42 Å². The summed E-state index contributed by atoms with van der Waals surface area (Å²) < 4.78 is 1.97. The van der Waals surface area contributed by atoms with Gasteiger partial charge in [-0.25, -0.2) is 4.98 Å². The molecule has 0 bridgehead atoms. The number of nitrogens with one attached hydrogen (secondary N) is 2. The van der Waals surface area contributed by atoms with Crippen molar-refractivity contribution in [1.82, 2.24) is 14.7 Å². The molecule has 1 aliphatic carbocycles. The van der Waals surface area contributed by atoms with E-state index >= 15 is 0 Å². The second-order valence-corrected chi connectivity index (χ2v) is 10.8. The molecular weight excluding hydrogens is 440 g/mol. The molecule has 1 atom stereocenters. The minimum Gasteiger partial charge on any atom is -0.481 e. The molecule has 2 aromatic heterocycles. The summed E-state index contributed by atoms with van der Waals surface area (Å²) in [5.41, 5.74) is 3.95. The molecule has 2 heterocycles. The van der Waals surface area contributed by atoms with E-state index in [4.69, 9.17) is 4.98 Å². The number of hydrogen-bond donors (Lipinski definition) is 3. The van der Waals surface area contributed by atoms with Crippen molar-refractivity contribution in [3.8, 4) is 11.3 Å². The quantitative estimate of drug-likeness (QED) is 0.408. The minimum absolute atomic E-state index is 0.0563. The number of imidazole rings is 1. The van der Waals surface area contributed by atoms with Gasteiger partial charge in [-0.3, -0.25) is 14.0 Å². The number of carboxylic acids is 1. The number of amides is 1. The van der Waals surface area contributed by atoms with E-state index in [1.165, 1.54) is 12.0 Å². The second kappa shape index (κ2) is 10.1. The van der Waals surface area contributed by atoms with Gasteiger partial charge in [0.15, 0.2) is 0 Å². The maximum absolute atomic E-state index is 13.2. The van der Waals surface area contributed by atoms with E-state index in [9.17, 15) is 14.7 Å². The Labute approximate surface area is 207 Å². The van der Waals surface area contributed by atoms with Gasteiger partial charge in [-0.15, -0.1) is 0 Å². The first-order chi connectivity index (χ1) is 16.6. The van der Waals surface area contributed by atoms with Crippen molar-refractivity contribution in [2.75, 3.05) is 5.32 Å². The van der Waals surface area contributed by atoms with Crippen LogP contribution in [0.5, 0.6) is 0 Å². The fourth-order valence-corrected chi connectivity index (χ4v) is 4.89. The summed E-state index contributed by atoms with van der Waals surface area (Å²) in [5.74, 6) is -0.0660. The van der Waals surface area contributed by atoms with Gasteiger partial charge in [0, 0.05) is 28.9 Å². The van der Waals surface area contributed by atoms with Crippen molar-refractivity contribution >= 4 is 23.3 Å². The Bertz CT molecular complexity index is 1200. The zero-order chi connectivity index (χ0) is 25.2. The highest BCUT2D eigenvalue weighted by Gasteiger charge is 2.28. The summed E-state index contributed by atoms with van der Waals surface area (Å²) >= 11 is 0. The molecule has 35 heavy (non-hydrogen) atoms. The molecule has 1 unspecified atom stereocenters. The normalized spacial score (nSPS) is 15.7. The third-order valence-electron chi connectivity index (χ3n) is 6.64. The van der Waals surface area contributed by atoms with E-state index < -0.39 is 5.97 Å². The van der Waals surface area contributed by atoms with E-state index in [1.807, 2.05) is 10.6 Å². The van der Waals surface area contributed by atoms with Gasteiger partial charge >= 0.3 is 5.97 Å². The Kier molecular flexibility index (Phi) is 7.15. The lowest BCUT2D eigenvalue weighted by atomic mass is 9.82. The number of aryl methyl sites for hydroxylation is 1. The second-order valence-electron chi connectivity index (χ2n) is 10.8. The monoisotopic (exact) mass is 476 g/mol. The van der Waals surface area contributed by atoms with Crippen LogP contribution in [-0.2, 0) is 4.79 Å². The number of carboxylic acid groups (broad SMARTS) is 1. The van der Waals surface area contributed by atoms with Crippen LogP contribution >= 0.6 is 0 Å². The highest BCUT2D eigenvalue weighted by molar-refractivity contribution is 5.96. The number of carbonyl (C=O) groups is 2. The minimum atomic E-state index is -0.884. The molecular formula is C28H36N4O3. The Morgan fingerprint density at radius 3 is 2.43 bits per heavy atom. The van der Waals surface area contributed by atoms with E-state index in [2.05, 4.69) is 62.6 Å². The summed E-state index contributed by atoms with van der Waals surface area (Å²) in [7, 11) is 0. The summed E-state index contributed by atoms with van der Waals surface area (Å²) in [4.78, 5) is 29.6. The number of hydrogen-bond acceptors (Lipinski definition) is 4. The molecule has 0 aliphatic heterocycles. The molecule has 3 N–H and O–H groups in total. The van der Waals surface area contributed by atoms with Crippen molar-refractivity contribution in [2.45, 2.75) is 77.8 Å². The highest BCUT2D eigenvalue weighted by Crippen LogP contribution is 2.32. The largest absolute Gasteiger partial charge is 0.481 e. The van der Waals surface area contributed by atoms with E-state index in [0.29, 0.717) is 11.2 Å². The first-order valence-corrected chi connectivity index (χ1v) is 12.5. The molecule has 7 nitrogen and oxygen atoms in total. The lowest BCUT2D eigenvalue weighted by Gasteiger charge is -2.30. The fraction of sp³-hybridized carbons (Fsp3) is 0.464. The fourth-order valence-electron chi connectivity index (χ4n) is 4.89. The predicted octanol–water partition coefficient (Wildman–Crippen LogP) is 5.67. The van der Waals surface area contributed by atoms with Crippen molar-refractivity contribution < 1.29 is 14.7 Å². The first-order valence-electron chi connectivity index (χ1n) is 12.5. The molecule has 7 heteroatoms. The third kappa shape index (κ3) is 6.02. The van der Waals surface area contributed by atoms with Gasteiger partial charge in [-0.2, -0.15) is 0 Å². The number of nitrogens with zero attached hydrogens (tertiary/aromatic N) is 2. The van der Waals surface area contributed by atoms with Crippen LogP contribution in [0.2, 0.25) is 0 Å². The van der Waals surface area contributed by atoms with Gasteiger partial charge in [0.25, 0.3) is 5.91 Å². The standard InChI is InChI=1S/C28H36N4O3/c1-18-10-12-20(13-11-18)25-26(31-28(2,3)4)32-15-14-21(16-23(32)30-25)27(35)29-22(17-24(33)34)19-8-6-5-7-9-19/h10-16,19,22,31H,5-9,17H2,1-4H3,(H,29,35)(H,33,34). The number of aliphatic carboxylic acids is 1. The Morgan fingerprint density at radius 2 is 1.80 bits per heavy atom. The number of rotatable bonds is 7. The number of benzene rings is 1. The molecule has 3 aromatic rings. The average molecular weight is 477 g/mol. The van der Waals surface area contributed by atoms with Crippen molar-refractivity contribution in [3.63, 3.8) is 0 Å². The Morgan fingerprint density at radius 1 is 1.11 bits per heavy atom. The van der Waals surface area contributed by atoms with Crippen LogP contribution in [0.3, 0.4) is 0 Å². The van der Waals surface area contributed by atoms with Crippen LogP contribution in [0.25, 0.3) is 16.9 Å². The lowest BCUT2D eigenvalue weighted by Crippen LogP contribution is -2.42. The van der Waals surface area contributed by atoms with Crippen LogP contribution in [0, 0.1) is 12.8 Å². The molecule has 4 rings (SSSR count). The molecule has 0 radical (unpaired) electrons. The molecule has 1 saturated carbocycles. The smallest absolute Gasteiger partial charge is 0.305 e. The SMILES string of the molecule is Cc1ccc(-c2nc3cc(C(=O)NC(CC(=O)O)C4CCCCC4)ccn3c2NC(C)(C)C)cc1. The third-order valence-corrected chi connectivity index (χ3v) is 6.64. The number of fused-ring (bicyclic) bond motifs is 1. The summed E-state index contributed by atoms with van der Waals surface area (Å²) in [6, 6.07) is 11.4. The number of carbonyl (C=O) groups excluding carboxylic acids is 1. The van der Waals surface area contributed by atoms with E-state index in [1.54, 1.807) is 12.1 Å². The van der Waals surface area contributed by atoms with Gasteiger partial charge in [0.1, 0.15) is 17.2 Å². The summed E-state index contributed by atoms with van der Waals surface area (Å²) in [6.07, 6.45) is 7.06. The van der Waals surface area contributed by atoms with Crippen LogP contribution in [0.1, 0.15) is 75.2 Å². The molecule has 1 aromatic carbocycles. The van der Waals surface area contributed by atoms with Gasteiger partial charge in [0.2, 0.25) is 0 Å². The number of anilines is 1.